The summed E-state index contributed by atoms with van der Waals surface area (Å²) in [7, 11) is 1.38. The largest absolute Gasteiger partial charge is 0.412 e. The Labute approximate surface area is 200 Å². The van der Waals surface area contributed by atoms with Gasteiger partial charge in [0.25, 0.3) is 0 Å². The highest BCUT2D eigenvalue weighted by Gasteiger charge is 2.51. The molecule has 4 rings (SSSR count). The number of hydrogen-bond donors (Lipinski definition) is 0. The predicted octanol–water partition coefficient (Wildman–Crippen LogP) is 6.27. The van der Waals surface area contributed by atoms with Crippen LogP contribution in [0.15, 0.2) is 0 Å². The lowest BCUT2D eigenvalue weighted by Gasteiger charge is -2.46. The fourth-order valence-electron chi connectivity index (χ4n) is 7.74. The van der Waals surface area contributed by atoms with Gasteiger partial charge in [0.05, 0.1) is 6.10 Å². The van der Waals surface area contributed by atoms with Gasteiger partial charge in [-0.2, -0.15) is 0 Å². The molecule has 3 nitrogen and oxygen atoms in total. The fraction of sp³-hybridized carbons (Fsp3) is 1.00. The van der Waals surface area contributed by atoms with E-state index in [9.17, 15) is 8.78 Å². The van der Waals surface area contributed by atoms with Gasteiger partial charge < -0.3 is 15.7 Å². The summed E-state index contributed by atoms with van der Waals surface area (Å²) >= 11 is 0. The van der Waals surface area contributed by atoms with Gasteiger partial charge in [-0.15, -0.1) is 0 Å². The van der Waals surface area contributed by atoms with E-state index in [4.69, 9.17) is 4.74 Å². The van der Waals surface area contributed by atoms with Gasteiger partial charge >= 0.3 is 0 Å². The SMILES string of the molecule is COC1CCC(C2CCC(C3CCC(C4CCC(C)CC4)CC3)C(F)C2F)C(F)C1F.O.O.[HH].[HH]. The summed E-state index contributed by atoms with van der Waals surface area (Å²) in [5, 5.41) is 0. The van der Waals surface area contributed by atoms with E-state index >= 15 is 8.78 Å². The Morgan fingerprint density at radius 2 is 0.909 bits per heavy atom. The lowest BCUT2D eigenvalue weighted by Crippen LogP contribution is -2.51. The average Bonchev–Trinajstić information content (AvgIpc) is 2.79. The van der Waals surface area contributed by atoms with Crippen LogP contribution in [0.25, 0.3) is 0 Å². The first kappa shape index (κ1) is 28.8. The molecule has 0 amide bonds. The molecule has 7 heteroatoms. The normalized spacial score (nSPS) is 48.9. The van der Waals surface area contributed by atoms with Gasteiger partial charge in [-0.25, -0.2) is 17.6 Å². The lowest BCUT2D eigenvalue weighted by atomic mass is 9.62. The Morgan fingerprint density at radius 3 is 1.45 bits per heavy atom. The summed E-state index contributed by atoms with van der Waals surface area (Å²) in [4.78, 5) is 0. The van der Waals surface area contributed by atoms with Crippen molar-refractivity contribution in [1.82, 2.24) is 0 Å². The summed E-state index contributed by atoms with van der Waals surface area (Å²) in [6, 6.07) is 0. The number of methoxy groups -OCH3 is 1. The fourth-order valence-corrected chi connectivity index (χ4v) is 7.74. The van der Waals surface area contributed by atoms with E-state index < -0.39 is 42.6 Å². The van der Waals surface area contributed by atoms with Gasteiger partial charge in [-0.1, -0.05) is 19.8 Å². The first-order chi connectivity index (χ1) is 14.9. The summed E-state index contributed by atoms with van der Waals surface area (Å²) in [5.74, 6) is 1.06. The van der Waals surface area contributed by atoms with Crippen LogP contribution in [0.1, 0.15) is 86.8 Å². The van der Waals surface area contributed by atoms with Gasteiger partial charge in [-0.05, 0) is 106 Å². The summed E-state index contributed by atoms with van der Waals surface area (Å²) in [5.41, 5.74) is 0. The Kier molecular flexibility index (Phi) is 10.9. The Hall–Kier alpha value is -0.400. The molecule has 0 aromatic rings. The highest BCUT2D eigenvalue weighted by Crippen LogP contribution is 2.50. The minimum absolute atomic E-state index is 0. The molecule has 4 saturated carbocycles. The first-order valence-electron chi connectivity index (χ1n) is 13.0. The van der Waals surface area contributed by atoms with Crippen molar-refractivity contribution in [2.75, 3.05) is 7.11 Å². The molecule has 0 bridgehead atoms. The molecule has 0 aliphatic heterocycles. The molecule has 0 spiro atoms. The number of halogens is 4. The van der Waals surface area contributed by atoms with Crippen LogP contribution in [0.4, 0.5) is 17.6 Å². The molecule has 33 heavy (non-hydrogen) atoms. The van der Waals surface area contributed by atoms with Gasteiger partial charge in [0.15, 0.2) is 6.17 Å². The summed E-state index contributed by atoms with van der Waals surface area (Å²) < 4.78 is 64.6. The second-order valence-corrected chi connectivity index (χ2v) is 11.4. The zero-order valence-corrected chi connectivity index (χ0v) is 20.3. The quantitative estimate of drug-likeness (QED) is 0.432. The predicted molar refractivity (Wildman–Crippen MR) is 127 cm³/mol. The molecule has 0 aromatic carbocycles. The van der Waals surface area contributed by atoms with Crippen LogP contribution in [0, 0.1) is 41.4 Å². The van der Waals surface area contributed by atoms with Gasteiger partial charge in [-0.3, -0.25) is 0 Å². The van der Waals surface area contributed by atoms with E-state index in [-0.39, 0.29) is 25.6 Å². The van der Waals surface area contributed by atoms with Gasteiger partial charge in [0, 0.05) is 9.96 Å². The molecular formula is C26H50F4O3. The van der Waals surface area contributed by atoms with E-state index in [1.165, 1.54) is 32.8 Å². The van der Waals surface area contributed by atoms with Crippen molar-refractivity contribution in [2.45, 2.75) is 115 Å². The van der Waals surface area contributed by atoms with E-state index in [1.807, 2.05) is 0 Å². The monoisotopic (exact) mass is 486 g/mol. The average molecular weight is 487 g/mol. The first-order valence-corrected chi connectivity index (χ1v) is 13.0. The van der Waals surface area contributed by atoms with Crippen molar-refractivity contribution >= 4 is 0 Å². The van der Waals surface area contributed by atoms with E-state index in [1.54, 1.807) is 0 Å². The second kappa shape index (κ2) is 12.5. The third-order valence-electron chi connectivity index (χ3n) is 9.81. The molecule has 4 fully saturated rings. The molecule has 4 aliphatic carbocycles. The van der Waals surface area contributed by atoms with Crippen molar-refractivity contribution in [3.05, 3.63) is 0 Å². The minimum atomic E-state index is -1.75. The van der Waals surface area contributed by atoms with Crippen LogP contribution >= 0.6 is 0 Å². The highest BCUT2D eigenvalue weighted by atomic mass is 19.2. The van der Waals surface area contributed by atoms with E-state index in [0.29, 0.717) is 25.7 Å². The molecule has 4 N–H and O–H groups in total. The zero-order valence-electron chi connectivity index (χ0n) is 20.3. The number of hydrogen-bond acceptors (Lipinski definition) is 1. The van der Waals surface area contributed by atoms with Crippen molar-refractivity contribution in [3.8, 4) is 0 Å². The molecule has 8 atom stereocenters. The van der Waals surface area contributed by atoms with Crippen LogP contribution in [-0.4, -0.2) is 48.9 Å². The molecular weight excluding hydrogens is 436 g/mol. The Balaban J connectivity index is 0.00000289. The number of rotatable bonds is 4. The Morgan fingerprint density at radius 1 is 0.515 bits per heavy atom. The topological polar surface area (TPSA) is 72.2 Å². The molecule has 4 aliphatic rings. The van der Waals surface area contributed by atoms with Crippen LogP contribution in [0.5, 0.6) is 0 Å². The maximum absolute atomic E-state index is 15.3. The van der Waals surface area contributed by atoms with Gasteiger partial charge in [0.2, 0.25) is 0 Å². The smallest absolute Gasteiger partial charge is 0.157 e. The lowest BCUT2D eigenvalue weighted by molar-refractivity contribution is -0.0989. The maximum Gasteiger partial charge on any atom is 0.157 e. The molecule has 200 valence electrons. The van der Waals surface area contributed by atoms with Crippen LogP contribution in [0.3, 0.4) is 0 Å². The van der Waals surface area contributed by atoms with Gasteiger partial charge in [0.1, 0.15) is 18.5 Å². The van der Waals surface area contributed by atoms with Crippen molar-refractivity contribution < 1.29 is 36.1 Å². The molecule has 0 saturated heterocycles. The van der Waals surface area contributed by atoms with Crippen molar-refractivity contribution in [1.29, 1.82) is 0 Å². The standard InChI is InChI=1S/C26H42F4O.2H2O.2H2/c1-15-3-5-16(6-4-15)17-7-9-18(10-8-17)19-11-12-20(24(28)23(19)27)21-13-14-22(31-2)26(30)25(21)29;;;;/h15-26H,3-14H2,1-2H3;2*1H2;2*1H. The summed E-state index contributed by atoms with van der Waals surface area (Å²) in [6.07, 6.45) is 4.14. The van der Waals surface area contributed by atoms with Crippen LogP contribution < -0.4 is 0 Å². The second-order valence-electron chi connectivity index (χ2n) is 11.4. The molecule has 0 radical (unpaired) electrons. The van der Waals surface area contributed by atoms with Crippen molar-refractivity contribution in [3.63, 3.8) is 0 Å². The minimum Gasteiger partial charge on any atom is -0.412 e. The Bertz CT molecular complexity index is 577. The summed E-state index contributed by atoms with van der Waals surface area (Å²) in [6.45, 7) is 2.35. The van der Waals surface area contributed by atoms with E-state index in [0.717, 1.165) is 43.4 Å². The third-order valence-corrected chi connectivity index (χ3v) is 9.81. The zero-order chi connectivity index (χ0) is 22.1. The molecule has 0 aromatic heterocycles. The molecule has 0 heterocycles. The number of alkyl halides is 4. The van der Waals surface area contributed by atoms with Crippen molar-refractivity contribution in [2.24, 2.45) is 41.4 Å². The van der Waals surface area contributed by atoms with E-state index in [2.05, 4.69) is 6.92 Å². The number of ether oxygens (including phenoxy) is 1. The molecule has 8 unspecified atom stereocenters. The van der Waals surface area contributed by atoms with Crippen LogP contribution in [-0.2, 0) is 4.74 Å². The third kappa shape index (κ3) is 6.06. The maximum atomic E-state index is 15.3. The van der Waals surface area contributed by atoms with Crippen LogP contribution in [0.2, 0.25) is 0 Å². The highest BCUT2D eigenvalue weighted by molar-refractivity contribution is 4.99.